The van der Waals surface area contributed by atoms with Crippen LogP contribution in [0.25, 0.3) is 0 Å². The second-order valence-corrected chi connectivity index (χ2v) is 6.52. The Labute approximate surface area is 133 Å². The van der Waals surface area contributed by atoms with Crippen LogP contribution in [0.2, 0.25) is 10.0 Å². The number of hydrogen-bond acceptors (Lipinski definition) is 3. The first-order valence-electron chi connectivity index (χ1n) is 6.44. The van der Waals surface area contributed by atoms with Gasteiger partial charge in [-0.25, -0.2) is 9.18 Å². The summed E-state index contributed by atoms with van der Waals surface area (Å²) in [4.78, 5) is 11.5. The summed E-state index contributed by atoms with van der Waals surface area (Å²) in [7, 11) is 0. The van der Waals surface area contributed by atoms with E-state index >= 15 is 0 Å². The maximum atomic E-state index is 13.4. The zero-order valence-corrected chi connectivity index (χ0v) is 13.7. The minimum Gasteiger partial charge on any atom is -0.444 e. The van der Waals surface area contributed by atoms with Crippen molar-refractivity contribution in [3.8, 4) is 0 Å². The lowest BCUT2D eigenvalue weighted by molar-refractivity contribution is 0.0524. The van der Waals surface area contributed by atoms with E-state index in [9.17, 15) is 9.18 Å². The number of alkyl carbamates (subject to hydrolysis) is 1. The van der Waals surface area contributed by atoms with Gasteiger partial charge in [-0.05, 0) is 44.9 Å². The Morgan fingerprint density at radius 3 is 2.57 bits per heavy atom. The Balaban J connectivity index is 2.53. The second-order valence-electron chi connectivity index (χ2n) is 5.70. The molecule has 21 heavy (non-hydrogen) atoms. The lowest BCUT2D eigenvalue weighted by Gasteiger charge is -2.21. The molecule has 1 unspecified atom stereocenters. The Morgan fingerprint density at radius 1 is 1.38 bits per heavy atom. The summed E-state index contributed by atoms with van der Waals surface area (Å²) in [6.07, 6.45) is -0.241. The van der Waals surface area contributed by atoms with E-state index in [0.717, 1.165) is 0 Å². The van der Waals surface area contributed by atoms with E-state index in [1.165, 1.54) is 12.1 Å². The summed E-state index contributed by atoms with van der Waals surface area (Å²) >= 11 is 11.6. The lowest BCUT2D eigenvalue weighted by Crippen LogP contribution is -2.41. The van der Waals surface area contributed by atoms with E-state index in [4.69, 9.17) is 33.7 Å². The highest BCUT2D eigenvalue weighted by Crippen LogP contribution is 2.25. The van der Waals surface area contributed by atoms with Crippen LogP contribution in [0.3, 0.4) is 0 Å². The number of carbonyl (C=O) groups is 1. The average Bonchev–Trinajstić information content (AvgIpc) is 2.31. The van der Waals surface area contributed by atoms with Gasteiger partial charge in [0.25, 0.3) is 0 Å². The molecular weight excluding hydrogens is 318 g/mol. The molecule has 0 radical (unpaired) electrons. The van der Waals surface area contributed by atoms with Gasteiger partial charge >= 0.3 is 6.09 Å². The quantitative estimate of drug-likeness (QED) is 0.826. The number of amides is 1. The van der Waals surface area contributed by atoms with E-state index < -0.39 is 23.6 Å². The summed E-state index contributed by atoms with van der Waals surface area (Å²) in [6, 6.07) is 2.16. The fraction of sp³-hybridized carbons (Fsp3) is 0.500. The Kier molecular flexibility index (Phi) is 6.25. The SMILES string of the molecule is CC(C)(C)OC(=O)NCC(N)Cc1cc(F)c(Cl)cc1Cl. The van der Waals surface area contributed by atoms with Crippen LogP contribution in [-0.4, -0.2) is 24.3 Å². The van der Waals surface area contributed by atoms with Crippen molar-refractivity contribution < 1.29 is 13.9 Å². The van der Waals surface area contributed by atoms with E-state index in [1.54, 1.807) is 20.8 Å². The van der Waals surface area contributed by atoms with Crippen LogP contribution in [0, 0.1) is 5.82 Å². The van der Waals surface area contributed by atoms with Crippen molar-refractivity contribution in [2.75, 3.05) is 6.54 Å². The number of benzene rings is 1. The predicted molar refractivity (Wildman–Crippen MR) is 82.3 cm³/mol. The molecule has 3 N–H and O–H groups in total. The summed E-state index contributed by atoms with van der Waals surface area (Å²) < 4.78 is 18.5. The van der Waals surface area contributed by atoms with Crippen molar-refractivity contribution >= 4 is 29.3 Å². The van der Waals surface area contributed by atoms with Gasteiger partial charge in [-0.2, -0.15) is 0 Å². The second kappa shape index (κ2) is 7.29. The molecule has 0 aliphatic heterocycles. The van der Waals surface area contributed by atoms with E-state index in [1.807, 2.05) is 0 Å². The van der Waals surface area contributed by atoms with Gasteiger partial charge in [-0.15, -0.1) is 0 Å². The van der Waals surface area contributed by atoms with Crippen LogP contribution < -0.4 is 11.1 Å². The lowest BCUT2D eigenvalue weighted by atomic mass is 10.1. The molecule has 0 spiro atoms. The van der Waals surface area contributed by atoms with Gasteiger partial charge in [0, 0.05) is 17.6 Å². The van der Waals surface area contributed by atoms with Gasteiger partial charge in [0.1, 0.15) is 11.4 Å². The zero-order chi connectivity index (χ0) is 16.2. The van der Waals surface area contributed by atoms with Gasteiger partial charge in [0.15, 0.2) is 0 Å². The minimum atomic E-state index is -0.573. The van der Waals surface area contributed by atoms with Crippen LogP contribution in [0.15, 0.2) is 12.1 Å². The fourth-order valence-corrected chi connectivity index (χ4v) is 2.06. The molecule has 0 aliphatic rings. The molecule has 0 heterocycles. The molecule has 7 heteroatoms. The molecule has 0 saturated carbocycles. The van der Waals surface area contributed by atoms with E-state index in [0.29, 0.717) is 17.0 Å². The number of nitrogens with two attached hydrogens (primary N) is 1. The van der Waals surface area contributed by atoms with Crippen molar-refractivity contribution in [1.29, 1.82) is 0 Å². The first kappa shape index (κ1) is 18.0. The first-order chi connectivity index (χ1) is 9.58. The van der Waals surface area contributed by atoms with E-state index in [-0.39, 0.29) is 11.6 Å². The third-order valence-corrected chi connectivity index (χ3v) is 3.12. The van der Waals surface area contributed by atoms with Crippen LogP contribution in [-0.2, 0) is 11.2 Å². The van der Waals surface area contributed by atoms with Gasteiger partial charge in [0.2, 0.25) is 0 Å². The Hall–Kier alpha value is -1.04. The number of hydrogen-bond donors (Lipinski definition) is 2. The molecule has 1 aromatic carbocycles. The molecule has 0 aromatic heterocycles. The van der Waals surface area contributed by atoms with Crippen molar-refractivity contribution in [3.63, 3.8) is 0 Å². The molecule has 118 valence electrons. The number of nitrogens with one attached hydrogen (secondary N) is 1. The van der Waals surface area contributed by atoms with Crippen molar-refractivity contribution in [2.45, 2.75) is 38.8 Å². The summed E-state index contributed by atoms with van der Waals surface area (Å²) in [5.41, 5.74) is 5.86. The summed E-state index contributed by atoms with van der Waals surface area (Å²) in [5, 5.41) is 2.86. The van der Waals surface area contributed by atoms with Crippen molar-refractivity contribution in [1.82, 2.24) is 5.32 Å². The van der Waals surface area contributed by atoms with E-state index in [2.05, 4.69) is 5.32 Å². The van der Waals surface area contributed by atoms with Gasteiger partial charge in [-0.3, -0.25) is 0 Å². The Bertz CT molecular complexity index is 518. The van der Waals surface area contributed by atoms with Crippen LogP contribution in [0.5, 0.6) is 0 Å². The number of rotatable bonds is 4. The molecule has 0 bridgehead atoms. The van der Waals surface area contributed by atoms with Gasteiger partial charge in [0.05, 0.1) is 5.02 Å². The molecule has 0 fully saturated rings. The molecule has 4 nitrogen and oxygen atoms in total. The predicted octanol–water partition coefficient (Wildman–Crippen LogP) is 3.53. The maximum absolute atomic E-state index is 13.4. The molecular formula is C14H19Cl2FN2O2. The molecule has 0 saturated heterocycles. The molecule has 0 aliphatic carbocycles. The molecule has 1 rings (SSSR count). The molecule has 1 amide bonds. The van der Waals surface area contributed by atoms with Crippen LogP contribution >= 0.6 is 23.2 Å². The van der Waals surface area contributed by atoms with Crippen LogP contribution in [0.4, 0.5) is 9.18 Å². The first-order valence-corrected chi connectivity index (χ1v) is 7.20. The topological polar surface area (TPSA) is 64.3 Å². The highest BCUT2D eigenvalue weighted by atomic mass is 35.5. The van der Waals surface area contributed by atoms with Crippen molar-refractivity contribution in [2.24, 2.45) is 5.73 Å². The minimum absolute atomic E-state index is 0.0378. The smallest absolute Gasteiger partial charge is 0.407 e. The highest BCUT2D eigenvalue weighted by Gasteiger charge is 2.17. The number of carbonyl (C=O) groups excluding carboxylic acids is 1. The maximum Gasteiger partial charge on any atom is 0.407 e. The summed E-state index contributed by atoms with van der Waals surface area (Å²) in [6.45, 7) is 5.49. The third-order valence-electron chi connectivity index (χ3n) is 2.48. The van der Waals surface area contributed by atoms with Crippen molar-refractivity contribution in [3.05, 3.63) is 33.6 Å². The number of ether oxygens (including phenoxy) is 1. The zero-order valence-electron chi connectivity index (χ0n) is 12.2. The third kappa shape index (κ3) is 6.50. The average molecular weight is 337 g/mol. The Morgan fingerprint density at radius 2 is 2.00 bits per heavy atom. The fourth-order valence-electron chi connectivity index (χ4n) is 1.60. The molecule has 1 atom stereocenters. The van der Waals surface area contributed by atoms with Gasteiger partial charge < -0.3 is 15.8 Å². The largest absolute Gasteiger partial charge is 0.444 e. The number of halogens is 3. The van der Waals surface area contributed by atoms with Gasteiger partial charge in [-0.1, -0.05) is 23.2 Å². The summed E-state index contributed by atoms with van der Waals surface area (Å²) in [5.74, 6) is -0.552. The highest BCUT2D eigenvalue weighted by molar-refractivity contribution is 6.35. The normalized spacial score (nSPS) is 12.9. The standard InChI is InChI=1S/C14H19Cl2FN2O2/c1-14(2,3)21-13(20)19-7-9(18)4-8-5-12(17)11(16)6-10(8)15/h5-6,9H,4,7,18H2,1-3H3,(H,19,20). The monoisotopic (exact) mass is 336 g/mol. The molecule has 1 aromatic rings. The van der Waals surface area contributed by atoms with Crippen LogP contribution in [0.1, 0.15) is 26.3 Å².